The fourth-order valence-electron chi connectivity index (χ4n) is 1.51. The minimum absolute atomic E-state index is 0.0652. The standard InChI is InChI=1S/C13H14BrNO/c1-4-11(13(16)9(3)15)12-6-5-10(14)7-8(12)2/h4-7H,3,15H2,1-2H3/b11-4+. The molecule has 0 unspecified atom stereocenters. The number of benzene rings is 1. The number of allylic oxidation sites excluding steroid dienone is 2. The molecule has 0 heterocycles. The fourth-order valence-corrected chi connectivity index (χ4v) is 1.99. The lowest BCUT2D eigenvalue weighted by molar-refractivity contribution is -0.110. The molecule has 1 aromatic carbocycles. The van der Waals surface area contributed by atoms with Crippen molar-refractivity contribution >= 4 is 27.3 Å². The van der Waals surface area contributed by atoms with E-state index in [0.717, 1.165) is 15.6 Å². The Kier molecular flexibility index (Phi) is 4.07. The van der Waals surface area contributed by atoms with Gasteiger partial charge in [0.1, 0.15) is 0 Å². The molecule has 1 aromatic rings. The summed E-state index contributed by atoms with van der Waals surface area (Å²) >= 11 is 3.39. The molecule has 0 spiro atoms. The Morgan fingerprint density at radius 1 is 1.50 bits per heavy atom. The third-order valence-electron chi connectivity index (χ3n) is 2.30. The quantitative estimate of drug-likeness (QED) is 0.864. The second-order valence-corrected chi connectivity index (χ2v) is 4.43. The Labute approximate surface area is 104 Å². The highest BCUT2D eigenvalue weighted by Crippen LogP contribution is 2.24. The van der Waals surface area contributed by atoms with Crippen LogP contribution in [0.2, 0.25) is 0 Å². The van der Waals surface area contributed by atoms with Gasteiger partial charge in [-0.3, -0.25) is 4.79 Å². The molecule has 0 saturated carbocycles. The number of ketones is 1. The summed E-state index contributed by atoms with van der Waals surface area (Å²) in [6.07, 6.45) is 1.76. The summed E-state index contributed by atoms with van der Waals surface area (Å²) in [5.74, 6) is -0.215. The van der Waals surface area contributed by atoms with Crippen LogP contribution in [0.4, 0.5) is 0 Å². The molecule has 84 valence electrons. The van der Waals surface area contributed by atoms with E-state index in [1.54, 1.807) is 6.08 Å². The van der Waals surface area contributed by atoms with E-state index >= 15 is 0 Å². The first-order valence-corrected chi connectivity index (χ1v) is 5.68. The van der Waals surface area contributed by atoms with E-state index in [4.69, 9.17) is 5.73 Å². The molecule has 0 aliphatic heterocycles. The molecule has 0 amide bonds. The van der Waals surface area contributed by atoms with Crippen molar-refractivity contribution in [2.45, 2.75) is 13.8 Å². The van der Waals surface area contributed by atoms with Gasteiger partial charge in [0, 0.05) is 10.0 Å². The van der Waals surface area contributed by atoms with Gasteiger partial charge in [-0.1, -0.05) is 34.7 Å². The molecular formula is C13H14BrNO. The van der Waals surface area contributed by atoms with Crippen molar-refractivity contribution in [3.05, 3.63) is 52.2 Å². The van der Waals surface area contributed by atoms with Gasteiger partial charge in [0.15, 0.2) is 0 Å². The van der Waals surface area contributed by atoms with Gasteiger partial charge in [-0.15, -0.1) is 0 Å². The van der Waals surface area contributed by atoms with E-state index in [1.807, 2.05) is 32.0 Å². The zero-order chi connectivity index (χ0) is 12.3. The van der Waals surface area contributed by atoms with Gasteiger partial charge in [-0.2, -0.15) is 0 Å². The van der Waals surface area contributed by atoms with Crippen molar-refractivity contribution < 1.29 is 4.79 Å². The summed E-state index contributed by atoms with van der Waals surface area (Å²) in [4.78, 5) is 11.8. The Morgan fingerprint density at radius 2 is 2.12 bits per heavy atom. The fraction of sp³-hybridized carbons (Fsp3) is 0.154. The number of Topliss-reactive ketones (excluding diaryl/α,β-unsaturated/α-hetero) is 1. The second-order valence-electron chi connectivity index (χ2n) is 3.52. The van der Waals surface area contributed by atoms with Crippen LogP contribution in [0.1, 0.15) is 18.1 Å². The van der Waals surface area contributed by atoms with Gasteiger partial charge in [-0.25, -0.2) is 0 Å². The van der Waals surface area contributed by atoms with E-state index in [0.29, 0.717) is 5.57 Å². The lowest BCUT2D eigenvalue weighted by Crippen LogP contribution is -2.12. The number of nitrogens with two attached hydrogens (primary N) is 1. The molecule has 0 saturated heterocycles. The Morgan fingerprint density at radius 3 is 2.56 bits per heavy atom. The molecule has 0 aliphatic carbocycles. The van der Waals surface area contributed by atoms with Gasteiger partial charge in [0.2, 0.25) is 5.78 Å². The zero-order valence-corrected chi connectivity index (χ0v) is 11.0. The van der Waals surface area contributed by atoms with Crippen molar-refractivity contribution in [1.29, 1.82) is 0 Å². The van der Waals surface area contributed by atoms with Crippen molar-refractivity contribution in [3.8, 4) is 0 Å². The Bertz CT molecular complexity index is 475. The predicted octanol–water partition coefficient (Wildman–Crippen LogP) is 3.20. The van der Waals surface area contributed by atoms with Gasteiger partial charge in [0.25, 0.3) is 0 Å². The van der Waals surface area contributed by atoms with Crippen molar-refractivity contribution in [1.82, 2.24) is 0 Å². The molecule has 0 aliphatic rings. The summed E-state index contributed by atoms with van der Waals surface area (Å²) in [6, 6.07) is 5.76. The Balaban J connectivity index is 3.26. The number of carbonyl (C=O) groups excluding carboxylic acids is 1. The van der Waals surface area contributed by atoms with Gasteiger partial charge >= 0.3 is 0 Å². The van der Waals surface area contributed by atoms with Crippen LogP contribution in [0.25, 0.3) is 5.57 Å². The molecule has 2 N–H and O–H groups in total. The van der Waals surface area contributed by atoms with Gasteiger partial charge in [-0.05, 0) is 37.1 Å². The highest BCUT2D eigenvalue weighted by atomic mass is 79.9. The molecule has 0 atom stereocenters. The number of hydrogen-bond donors (Lipinski definition) is 1. The summed E-state index contributed by atoms with van der Waals surface area (Å²) in [5, 5.41) is 0. The molecule has 1 rings (SSSR count). The van der Waals surface area contributed by atoms with E-state index < -0.39 is 0 Å². The van der Waals surface area contributed by atoms with E-state index in [2.05, 4.69) is 22.5 Å². The Hall–Kier alpha value is -1.35. The summed E-state index contributed by atoms with van der Waals surface area (Å²) in [5.41, 5.74) is 8.01. The van der Waals surface area contributed by atoms with Crippen molar-refractivity contribution in [2.75, 3.05) is 0 Å². The maximum Gasteiger partial charge on any atom is 0.208 e. The van der Waals surface area contributed by atoms with E-state index in [1.165, 1.54) is 0 Å². The number of halogens is 1. The monoisotopic (exact) mass is 279 g/mol. The molecule has 16 heavy (non-hydrogen) atoms. The highest BCUT2D eigenvalue weighted by Gasteiger charge is 2.14. The van der Waals surface area contributed by atoms with E-state index in [9.17, 15) is 4.79 Å². The van der Waals surface area contributed by atoms with E-state index in [-0.39, 0.29) is 11.5 Å². The molecule has 0 aromatic heterocycles. The molecular weight excluding hydrogens is 266 g/mol. The summed E-state index contributed by atoms with van der Waals surface area (Å²) in [6.45, 7) is 7.25. The topological polar surface area (TPSA) is 43.1 Å². The molecule has 0 radical (unpaired) electrons. The van der Waals surface area contributed by atoms with Gasteiger partial charge in [0.05, 0.1) is 5.70 Å². The van der Waals surface area contributed by atoms with Crippen LogP contribution in [0, 0.1) is 6.92 Å². The number of aryl methyl sites for hydroxylation is 1. The number of carbonyl (C=O) groups is 1. The molecule has 0 fully saturated rings. The molecule has 0 bridgehead atoms. The number of hydrogen-bond acceptors (Lipinski definition) is 2. The van der Waals surface area contributed by atoms with Crippen LogP contribution in [-0.4, -0.2) is 5.78 Å². The largest absolute Gasteiger partial charge is 0.396 e. The lowest BCUT2D eigenvalue weighted by Gasteiger charge is -2.09. The lowest BCUT2D eigenvalue weighted by atomic mass is 9.96. The van der Waals surface area contributed by atoms with Crippen LogP contribution in [-0.2, 0) is 4.79 Å². The van der Waals surface area contributed by atoms with Crippen LogP contribution in [0.15, 0.2) is 41.0 Å². The summed E-state index contributed by atoms with van der Waals surface area (Å²) < 4.78 is 0.989. The number of rotatable bonds is 3. The maximum absolute atomic E-state index is 11.8. The minimum Gasteiger partial charge on any atom is -0.396 e. The first-order chi connectivity index (χ1) is 7.47. The van der Waals surface area contributed by atoms with Gasteiger partial charge < -0.3 is 5.73 Å². The smallest absolute Gasteiger partial charge is 0.208 e. The third kappa shape index (κ3) is 2.61. The average molecular weight is 280 g/mol. The highest BCUT2D eigenvalue weighted by molar-refractivity contribution is 9.10. The first-order valence-electron chi connectivity index (χ1n) is 4.89. The van der Waals surface area contributed by atoms with Crippen molar-refractivity contribution in [3.63, 3.8) is 0 Å². The SMILES string of the molecule is C=C(N)C(=O)/C(=C/C)c1ccc(Br)cc1C. The zero-order valence-electron chi connectivity index (χ0n) is 9.38. The van der Waals surface area contributed by atoms with Crippen molar-refractivity contribution in [2.24, 2.45) is 5.73 Å². The minimum atomic E-state index is -0.215. The predicted molar refractivity (Wildman–Crippen MR) is 70.9 cm³/mol. The molecule has 2 nitrogen and oxygen atoms in total. The normalized spacial score (nSPS) is 11.3. The summed E-state index contributed by atoms with van der Waals surface area (Å²) in [7, 11) is 0. The van der Waals surface area contributed by atoms with Crippen LogP contribution in [0.3, 0.4) is 0 Å². The maximum atomic E-state index is 11.8. The first kappa shape index (κ1) is 12.7. The second kappa shape index (κ2) is 5.12. The van der Waals surface area contributed by atoms with Crippen LogP contribution in [0.5, 0.6) is 0 Å². The average Bonchev–Trinajstić information content (AvgIpc) is 2.21. The van der Waals surface area contributed by atoms with Crippen LogP contribution < -0.4 is 5.73 Å². The molecule has 3 heteroatoms. The van der Waals surface area contributed by atoms with Crippen LogP contribution >= 0.6 is 15.9 Å². The third-order valence-corrected chi connectivity index (χ3v) is 2.80.